The molecule has 0 aromatic heterocycles. The Morgan fingerprint density at radius 3 is 2.73 bits per heavy atom. The zero-order chi connectivity index (χ0) is 24.4. The smallest absolute Gasteiger partial charge is 0.239 e. The van der Waals surface area contributed by atoms with E-state index in [4.69, 9.17) is 0 Å². The van der Waals surface area contributed by atoms with Crippen LogP contribution < -0.4 is 10.6 Å². The molecule has 1 amide bonds. The minimum Gasteiger partial charge on any atom is -0.348 e. The summed E-state index contributed by atoms with van der Waals surface area (Å²) in [6, 6.07) is -0.504. The molecule has 2 rings (SSSR count). The lowest BCUT2D eigenvalue weighted by molar-refractivity contribution is -0.139. The number of rotatable bonds is 13. The van der Waals surface area contributed by atoms with E-state index in [2.05, 4.69) is 72.8 Å². The van der Waals surface area contributed by atoms with E-state index >= 15 is 0 Å². The van der Waals surface area contributed by atoms with E-state index in [9.17, 15) is 9.59 Å². The first kappa shape index (κ1) is 27.2. The molecule has 1 saturated heterocycles. The summed E-state index contributed by atoms with van der Waals surface area (Å²) in [6.07, 6.45) is 14.5. The molecule has 1 heterocycles. The van der Waals surface area contributed by atoms with Gasteiger partial charge in [-0.1, -0.05) is 51.7 Å². The molecule has 0 bridgehead atoms. The third kappa shape index (κ3) is 8.05. The average molecular weight is 457 g/mol. The number of amides is 1. The van der Waals surface area contributed by atoms with Crippen LogP contribution in [0.15, 0.2) is 48.6 Å². The summed E-state index contributed by atoms with van der Waals surface area (Å²) in [4.78, 5) is 24.2. The highest BCUT2D eigenvalue weighted by atomic mass is 16.2. The summed E-state index contributed by atoms with van der Waals surface area (Å²) in [5, 5.41) is 11.1. The number of hydrazine groups is 1. The second-order valence-corrected chi connectivity index (χ2v) is 10.2. The third-order valence-electron chi connectivity index (χ3n) is 6.50. The normalized spacial score (nSPS) is 20.9. The molecule has 6 heteroatoms. The Balaban J connectivity index is 2.05. The van der Waals surface area contributed by atoms with Gasteiger partial charge in [0.25, 0.3) is 0 Å². The van der Waals surface area contributed by atoms with E-state index in [0.29, 0.717) is 11.9 Å². The average Bonchev–Trinajstić information content (AvgIpc) is 3.27. The van der Waals surface area contributed by atoms with Crippen LogP contribution in [0, 0.1) is 5.41 Å². The second kappa shape index (κ2) is 13.0. The molecule has 3 unspecified atom stereocenters. The maximum atomic E-state index is 13.1. The molecular weight excluding hydrogens is 412 g/mol. The molecule has 2 N–H and O–H groups in total. The molecule has 3 atom stereocenters. The minimum absolute atomic E-state index is 0.0183. The first-order chi connectivity index (χ1) is 15.7. The first-order valence-electron chi connectivity index (χ1n) is 12.4. The van der Waals surface area contributed by atoms with Crippen LogP contribution in [0.25, 0.3) is 0 Å². The predicted molar refractivity (Wildman–Crippen MR) is 137 cm³/mol. The van der Waals surface area contributed by atoms with Crippen LogP contribution in [0.3, 0.4) is 0 Å². The van der Waals surface area contributed by atoms with Gasteiger partial charge in [0, 0.05) is 31.2 Å². The summed E-state index contributed by atoms with van der Waals surface area (Å²) in [6.45, 7) is 19.8. The molecule has 0 aromatic carbocycles. The van der Waals surface area contributed by atoms with Crippen molar-refractivity contribution in [1.29, 1.82) is 0 Å². The van der Waals surface area contributed by atoms with E-state index in [0.717, 1.165) is 58.3 Å². The lowest BCUT2D eigenvalue weighted by Crippen LogP contribution is -2.58. The van der Waals surface area contributed by atoms with Crippen molar-refractivity contribution >= 4 is 12.2 Å². The van der Waals surface area contributed by atoms with Crippen molar-refractivity contribution in [3.63, 3.8) is 0 Å². The van der Waals surface area contributed by atoms with E-state index < -0.39 is 0 Å². The Kier molecular flexibility index (Phi) is 10.7. The Hall–Kier alpha value is -2.02. The topological polar surface area (TPSA) is 64.7 Å². The van der Waals surface area contributed by atoms with Gasteiger partial charge in [0.2, 0.25) is 5.91 Å². The summed E-state index contributed by atoms with van der Waals surface area (Å²) in [5.74, 6) is -0.0427. The molecule has 1 aliphatic carbocycles. The zero-order valence-electron chi connectivity index (χ0n) is 21.1. The highest BCUT2D eigenvalue weighted by molar-refractivity contribution is 5.84. The summed E-state index contributed by atoms with van der Waals surface area (Å²) < 4.78 is 0. The molecule has 184 valence electrons. The number of nitrogens with one attached hydrogen (secondary N) is 2. The zero-order valence-corrected chi connectivity index (χ0v) is 21.1. The number of nitrogens with zero attached hydrogens (tertiary/aromatic N) is 2. The van der Waals surface area contributed by atoms with E-state index in [1.165, 1.54) is 5.57 Å². The first-order valence-corrected chi connectivity index (χ1v) is 12.4. The SMILES string of the molecule is C=CC(N(CCCNCC1=CCCC=C1)N1CCCC1C(=O)NC(C)C(=C)C=O)C(C)(C)C. The Morgan fingerprint density at radius 2 is 2.12 bits per heavy atom. The fourth-order valence-electron chi connectivity index (χ4n) is 4.58. The lowest BCUT2D eigenvalue weighted by atomic mass is 9.86. The second-order valence-electron chi connectivity index (χ2n) is 10.2. The van der Waals surface area contributed by atoms with Crippen LogP contribution in [0.1, 0.15) is 59.8 Å². The molecule has 1 aliphatic heterocycles. The van der Waals surface area contributed by atoms with Crippen molar-refractivity contribution in [3.05, 3.63) is 48.6 Å². The molecular formula is C27H44N4O2. The van der Waals surface area contributed by atoms with Crippen molar-refractivity contribution in [2.24, 2.45) is 5.41 Å². The fourth-order valence-corrected chi connectivity index (χ4v) is 4.58. The molecule has 33 heavy (non-hydrogen) atoms. The van der Waals surface area contributed by atoms with Crippen LogP contribution >= 0.6 is 0 Å². The number of hydrogen-bond donors (Lipinski definition) is 2. The predicted octanol–water partition coefficient (Wildman–Crippen LogP) is 3.78. The van der Waals surface area contributed by atoms with Crippen LogP contribution in [0.5, 0.6) is 0 Å². The number of aldehydes is 1. The maximum absolute atomic E-state index is 13.1. The summed E-state index contributed by atoms with van der Waals surface area (Å²) in [7, 11) is 0. The number of carbonyl (C=O) groups is 2. The molecule has 0 saturated carbocycles. The van der Waals surface area contributed by atoms with Crippen LogP contribution in [-0.4, -0.2) is 66.5 Å². The van der Waals surface area contributed by atoms with E-state index in [1.807, 2.05) is 6.08 Å². The van der Waals surface area contributed by atoms with Crippen LogP contribution in [-0.2, 0) is 9.59 Å². The monoisotopic (exact) mass is 456 g/mol. The van der Waals surface area contributed by atoms with Gasteiger partial charge in [0.05, 0.1) is 6.04 Å². The molecule has 0 spiro atoms. The van der Waals surface area contributed by atoms with Gasteiger partial charge >= 0.3 is 0 Å². The fraction of sp³-hybridized carbons (Fsp3) is 0.630. The van der Waals surface area contributed by atoms with Gasteiger partial charge in [-0.15, -0.1) is 6.58 Å². The van der Waals surface area contributed by atoms with Crippen LogP contribution in [0.2, 0.25) is 0 Å². The third-order valence-corrected chi connectivity index (χ3v) is 6.50. The van der Waals surface area contributed by atoms with Crippen molar-refractivity contribution in [2.75, 3.05) is 26.2 Å². The van der Waals surface area contributed by atoms with E-state index in [1.54, 1.807) is 6.92 Å². The maximum Gasteiger partial charge on any atom is 0.239 e. The van der Waals surface area contributed by atoms with Gasteiger partial charge in [-0.05, 0) is 56.6 Å². The summed E-state index contributed by atoms with van der Waals surface area (Å²) >= 11 is 0. The standard InChI is InChI=1S/C27H44N4O2/c1-7-25(27(4,5)6)31(18-12-16-28-19-23-13-9-8-10-14-23)30-17-11-15-24(30)26(33)29-22(3)21(2)20-32/h7,9,13-14,20,22,24-25,28H,1-2,8,10-12,15-19H2,3-6H3,(H,29,33). The van der Waals surface area contributed by atoms with Gasteiger partial charge in [0.15, 0.2) is 0 Å². The Morgan fingerprint density at radius 1 is 1.36 bits per heavy atom. The van der Waals surface area contributed by atoms with Gasteiger partial charge in [-0.2, -0.15) is 0 Å². The molecule has 0 aromatic rings. The van der Waals surface area contributed by atoms with E-state index in [-0.39, 0.29) is 29.4 Å². The molecule has 6 nitrogen and oxygen atoms in total. The quantitative estimate of drug-likeness (QED) is 0.191. The van der Waals surface area contributed by atoms with Crippen LogP contribution in [0.4, 0.5) is 0 Å². The van der Waals surface area contributed by atoms with Crippen molar-refractivity contribution in [2.45, 2.75) is 77.9 Å². The minimum atomic E-state index is -0.365. The van der Waals surface area contributed by atoms with Crippen molar-refractivity contribution in [3.8, 4) is 0 Å². The Labute approximate surface area is 200 Å². The Bertz CT molecular complexity index is 750. The molecule has 0 radical (unpaired) electrons. The summed E-state index contributed by atoms with van der Waals surface area (Å²) in [5.41, 5.74) is 1.73. The van der Waals surface area contributed by atoms with Crippen molar-refractivity contribution in [1.82, 2.24) is 20.7 Å². The number of carbonyl (C=O) groups excluding carboxylic acids is 2. The molecule has 2 aliphatic rings. The van der Waals surface area contributed by atoms with Gasteiger partial charge < -0.3 is 10.6 Å². The largest absolute Gasteiger partial charge is 0.348 e. The lowest BCUT2D eigenvalue weighted by Gasteiger charge is -2.45. The number of hydrogen-bond acceptors (Lipinski definition) is 5. The number of allylic oxidation sites excluding steroid dienone is 2. The molecule has 1 fully saturated rings. The van der Waals surface area contributed by atoms with Gasteiger partial charge in [-0.25, -0.2) is 10.0 Å². The highest BCUT2D eigenvalue weighted by Crippen LogP contribution is 2.30. The highest BCUT2D eigenvalue weighted by Gasteiger charge is 2.39. The van der Waals surface area contributed by atoms with Gasteiger partial charge in [0.1, 0.15) is 12.3 Å². The van der Waals surface area contributed by atoms with Gasteiger partial charge in [-0.3, -0.25) is 9.59 Å². The van der Waals surface area contributed by atoms with Crippen molar-refractivity contribution < 1.29 is 9.59 Å².